The zero-order valence-electron chi connectivity index (χ0n) is 13.7. The maximum atomic E-state index is 11.9. The van der Waals surface area contributed by atoms with Crippen molar-refractivity contribution in [2.45, 2.75) is 51.9 Å². The molecule has 2 atom stereocenters. The van der Waals surface area contributed by atoms with Gasteiger partial charge in [0.1, 0.15) is 0 Å². The Morgan fingerprint density at radius 2 is 2.18 bits per heavy atom. The average molecular weight is 308 g/mol. The molecule has 5 nitrogen and oxygen atoms in total. The molecule has 1 fully saturated rings. The monoisotopic (exact) mass is 308 g/mol. The molecule has 2 rings (SSSR count). The molecule has 0 radical (unpaired) electrons. The molecule has 0 aromatic rings. The van der Waals surface area contributed by atoms with Crippen molar-refractivity contribution in [2.24, 2.45) is 5.92 Å². The maximum Gasteiger partial charge on any atom is 0.321 e. The number of nitrogens with one attached hydrogen (secondary N) is 3. The van der Waals surface area contributed by atoms with Crippen LogP contribution in [-0.4, -0.2) is 38.1 Å². The second-order valence-corrected chi connectivity index (χ2v) is 6.79. The molecule has 1 saturated heterocycles. The minimum atomic E-state index is -0.356. The van der Waals surface area contributed by atoms with Crippen molar-refractivity contribution in [1.29, 1.82) is 0 Å². The number of amides is 3. The number of rotatable bonds is 5. The van der Waals surface area contributed by atoms with E-state index in [4.69, 9.17) is 0 Å². The predicted molar refractivity (Wildman–Crippen MR) is 86.7 cm³/mol. The number of piperidine rings is 1. The van der Waals surface area contributed by atoms with Crippen LogP contribution in [0, 0.1) is 5.92 Å². The normalized spacial score (nSPS) is 25.2. The van der Waals surface area contributed by atoms with Gasteiger partial charge >= 0.3 is 6.03 Å². The summed E-state index contributed by atoms with van der Waals surface area (Å²) < 4.78 is 0. The molecule has 3 amide bonds. The van der Waals surface area contributed by atoms with E-state index in [1.165, 1.54) is 36.2 Å². The highest BCUT2D eigenvalue weighted by Gasteiger charge is 2.22. The number of hydrogen-bond donors (Lipinski definition) is 3. The average Bonchev–Trinajstić information content (AvgIpc) is 2.48. The fourth-order valence-corrected chi connectivity index (χ4v) is 3.47. The minimum Gasteiger partial charge on any atom is -0.337 e. The van der Waals surface area contributed by atoms with E-state index in [1.807, 2.05) is 0 Å². The fraction of sp³-hybridized carbons (Fsp3) is 0.765. The number of likely N-dealkylation sites (tertiary alicyclic amines) is 1. The third-order valence-electron chi connectivity index (χ3n) is 4.64. The lowest BCUT2D eigenvalue weighted by atomic mass is 9.97. The van der Waals surface area contributed by atoms with Crippen LogP contribution in [0.2, 0.25) is 0 Å². The van der Waals surface area contributed by atoms with Crippen molar-refractivity contribution in [3.63, 3.8) is 0 Å². The topological polar surface area (TPSA) is 62.6 Å². The minimum absolute atomic E-state index is 0.168. The van der Waals surface area contributed by atoms with Gasteiger partial charge in [0.2, 0.25) is 0 Å². The highest BCUT2D eigenvalue weighted by Crippen LogP contribution is 2.19. The number of quaternary nitrogens is 1. The van der Waals surface area contributed by atoms with Gasteiger partial charge in [-0.2, -0.15) is 0 Å². The summed E-state index contributed by atoms with van der Waals surface area (Å²) in [5.41, 5.74) is 1.43. The summed E-state index contributed by atoms with van der Waals surface area (Å²) in [5, 5.41) is 5.24. The van der Waals surface area contributed by atoms with E-state index in [9.17, 15) is 9.59 Å². The molecule has 0 aromatic heterocycles. The van der Waals surface area contributed by atoms with Crippen molar-refractivity contribution in [2.75, 3.05) is 26.2 Å². The molecule has 1 unspecified atom stereocenters. The van der Waals surface area contributed by atoms with E-state index in [2.05, 4.69) is 23.6 Å². The lowest BCUT2D eigenvalue weighted by Crippen LogP contribution is -3.14. The molecule has 1 aliphatic carbocycles. The molecule has 0 saturated carbocycles. The Morgan fingerprint density at radius 1 is 1.32 bits per heavy atom. The summed E-state index contributed by atoms with van der Waals surface area (Å²) in [6.07, 6.45) is 10.5. The highest BCUT2D eigenvalue weighted by molar-refractivity contribution is 5.94. The van der Waals surface area contributed by atoms with E-state index in [0.29, 0.717) is 19.0 Å². The Morgan fingerprint density at radius 3 is 2.91 bits per heavy atom. The predicted octanol–water partition coefficient (Wildman–Crippen LogP) is 1.02. The summed E-state index contributed by atoms with van der Waals surface area (Å²) >= 11 is 0. The van der Waals surface area contributed by atoms with Gasteiger partial charge < -0.3 is 10.2 Å². The van der Waals surface area contributed by atoms with E-state index in [0.717, 1.165) is 32.4 Å². The van der Waals surface area contributed by atoms with Crippen LogP contribution in [0.3, 0.4) is 0 Å². The molecule has 22 heavy (non-hydrogen) atoms. The lowest BCUT2D eigenvalue weighted by Gasteiger charge is -2.27. The number of hydrogen-bond acceptors (Lipinski definition) is 2. The summed E-state index contributed by atoms with van der Waals surface area (Å²) in [4.78, 5) is 24.9. The first kappa shape index (κ1) is 17.0. The lowest BCUT2D eigenvalue weighted by molar-refractivity contribution is -0.900. The maximum absolute atomic E-state index is 11.9. The van der Waals surface area contributed by atoms with Gasteiger partial charge in [-0.25, -0.2) is 4.79 Å². The van der Waals surface area contributed by atoms with Gasteiger partial charge in [0.05, 0.1) is 13.1 Å². The smallest absolute Gasteiger partial charge is 0.321 e. The van der Waals surface area contributed by atoms with Crippen LogP contribution < -0.4 is 15.5 Å². The van der Waals surface area contributed by atoms with Gasteiger partial charge in [0.15, 0.2) is 6.54 Å². The molecule has 1 heterocycles. The Hall–Kier alpha value is -1.36. The number of allylic oxidation sites excluding steroid dienone is 1. The molecular weight excluding hydrogens is 278 g/mol. The van der Waals surface area contributed by atoms with Gasteiger partial charge in [-0.15, -0.1) is 0 Å². The van der Waals surface area contributed by atoms with E-state index < -0.39 is 0 Å². The standard InChI is InChI=1S/C17H29N3O2/c1-14-6-5-11-20(12-14)13-16(21)19-17(22)18-10-9-15-7-3-2-4-8-15/h7,14H,2-6,8-13H2,1H3,(H2,18,19,21,22)/p+1/t14-/m1/s1. The van der Waals surface area contributed by atoms with Crippen LogP contribution in [-0.2, 0) is 4.79 Å². The Bertz CT molecular complexity index is 420. The molecule has 124 valence electrons. The van der Waals surface area contributed by atoms with Crippen molar-refractivity contribution in [3.8, 4) is 0 Å². The number of carbonyl (C=O) groups excluding carboxylic acids is 2. The zero-order chi connectivity index (χ0) is 15.8. The molecule has 0 bridgehead atoms. The third-order valence-corrected chi connectivity index (χ3v) is 4.64. The van der Waals surface area contributed by atoms with Crippen LogP contribution in [0.25, 0.3) is 0 Å². The number of urea groups is 1. The van der Waals surface area contributed by atoms with Crippen molar-refractivity contribution < 1.29 is 14.5 Å². The molecule has 0 aromatic carbocycles. The second-order valence-electron chi connectivity index (χ2n) is 6.79. The van der Waals surface area contributed by atoms with Crippen LogP contribution >= 0.6 is 0 Å². The quantitative estimate of drug-likeness (QED) is 0.664. The molecule has 5 heteroatoms. The van der Waals surface area contributed by atoms with Crippen LogP contribution in [0.1, 0.15) is 51.9 Å². The van der Waals surface area contributed by atoms with Gasteiger partial charge in [-0.3, -0.25) is 10.1 Å². The SMILES string of the molecule is C[C@@H]1CCC[NH+](CC(=O)NC(=O)NCCC2=CCCCC2)C1. The van der Waals surface area contributed by atoms with Gasteiger partial charge in [-0.1, -0.05) is 18.6 Å². The first-order chi connectivity index (χ1) is 10.6. The first-order valence-electron chi connectivity index (χ1n) is 8.72. The second kappa shape index (κ2) is 8.93. The Labute approximate surface area is 133 Å². The Kier molecular flexibility index (Phi) is 6.90. The molecular formula is C17H30N3O2+. The largest absolute Gasteiger partial charge is 0.337 e. The highest BCUT2D eigenvalue weighted by atomic mass is 16.2. The molecule has 2 aliphatic rings. The summed E-state index contributed by atoms with van der Waals surface area (Å²) in [6, 6.07) is -0.356. The van der Waals surface area contributed by atoms with Crippen molar-refractivity contribution in [1.82, 2.24) is 10.6 Å². The van der Waals surface area contributed by atoms with Crippen LogP contribution in [0.5, 0.6) is 0 Å². The Balaban J connectivity index is 1.59. The first-order valence-corrected chi connectivity index (χ1v) is 8.72. The molecule has 0 spiro atoms. The van der Waals surface area contributed by atoms with Crippen LogP contribution in [0.4, 0.5) is 4.79 Å². The summed E-state index contributed by atoms with van der Waals surface area (Å²) in [6.45, 7) is 5.31. The third kappa shape index (κ3) is 6.18. The van der Waals surface area contributed by atoms with Crippen LogP contribution in [0.15, 0.2) is 11.6 Å². The van der Waals surface area contributed by atoms with E-state index in [-0.39, 0.29) is 11.9 Å². The number of imide groups is 1. The molecule has 1 aliphatic heterocycles. The summed E-state index contributed by atoms with van der Waals surface area (Å²) in [5.74, 6) is 0.507. The van der Waals surface area contributed by atoms with Gasteiger partial charge in [-0.05, 0) is 44.9 Å². The van der Waals surface area contributed by atoms with Crippen molar-refractivity contribution in [3.05, 3.63) is 11.6 Å². The van der Waals surface area contributed by atoms with Gasteiger partial charge in [0, 0.05) is 12.5 Å². The van der Waals surface area contributed by atoms with Gasteiger partial charge in [0.25, 0.3) is 5.91 Å². The van der Waals surface area contributed by atoms with E-state index in [1.54, 1.807) is 0 Å². The van der Waals surface area contributed by atoms with Crippen molar-refractivity contribution >= 4 is 11.9 Å². The van der Waals surface area contributed by atoms with E-state index >= 15 is 0 Å². The number of carbonyl (C=O) groups is 2. The zero-order valence-corrected chi connectivity index (χ0v) is 13.7. The molecule has 3 N–H and O–H groups in total. The fourth-order valence-electron chi connectivity index (χ4n) is 3.47. The summed E-state index contributed by atoms with van der Waals surface area (Å²) in [7, 11) is 0.